The van der Waals surface area contributed by atoms with Crippen molar-refractivity contribution in [2.45, 2.75) is 64.6 Å². The Morgan fingerprint density at radius 3 is 2.66 bits per heavy atom. The van der Waals surface area contributed by atoms with Gasteiger partial charge in [0, 0.05) is 18.9 Å². The van der Waals surface area contributed by atoms with Crippen molar-refractivity contribution in [3.05, 3.63) is 18.5 Å². The van der Waals surface area contributed by atoms with E-state index in [1.807, 2.05) is 0 Å². The molecule has 2 aliphatic heterocycles. The predicted molar refractivity (Wildman–Crippen MR) is 119 cm³/mol. The first kappa shape index (κ1) is 24.3. The standard InChI is InChI=1S/C23H36N4O5/c1-15(2)16(3)6-7-18(25-23(30)32-17-8-9-24-12-17)22(29)26-21-19(28)14-31-20(21)13-27-10-4-5-11-27/h8-9,12,15-16,18,20-21,24H,4-7,10-11,13-14H2,1-3H3,(H,25,30)(H,26,29)/t16?,18-,20?,21?/m0/s1. The number of carbonyl (C=O) groups is 3. The first-order valence-electron chi connectivity index (χ1n) is 11.6. The molecule has 2 amide bonds. The Balaban J connectivity index is 1.62. The van der Waals surface area contributed by atoms with Crippen LogP contribution in [0.3, 0.4) is 0 Å². The zero-order valence-corrected chi connectivity index (χ0v) is 19.3. The number of H-pyrrole nitrogens is 1. The number of aromatic amines is 1. The molecule has 0 aliphatic carbocycles. The number of hydrogen-bond donors (Lipinski definition) is 3. The zero-order chi connectivity index (χ0) is 23.1. The summed E-state index contributed by atoms with van der Waals surface area (Å²) in [5.41, 5.74) is 0. The molecule has 0 radical (unpaired) electrons. The number of hydrogen-bond acceptors (Lipinski definition) is 6. The molecular formula is C23H36N4O5. The van der Waals surface area contributed by atoms with Crippen molar-refractivity contribution in [2.75, 3.05) is 26.2 Å². The topological polar surface area (TPSA) is 113 Å². The van der Waals surface area contributed by atoms with Gasteiger partial charge in [-0.25, -0.2) is 4.79 Å². The lowest BCUT2D eigenvalue weighted by Gasteiger charge is -2.26. The van der Waals surface area contributed by atoms with Crippen molar-refractivity contribution in [1.82, 2.24) is 20.5 Å². The molecule has 2 fully saturated rings. The fourth-order valence-electron chi connectivity index (χ4n) is 4.07. The Bertz CT molecular complexity index is 760. The minimum absolute atomic E-state index is 0.00145. The smallest absolute Gasteiger partial charge is 0.409 e. The average molecular weight is 449 g/mol. The van der Waals surface area contributed by atoms with Crippen molar-refractivity contribution in [3.63, 3.8) is 0 Å². The van der Waals surface area contributed by atoms with Crippen LogP contribution in [0, 0.1) is 11.8 Å². The average Bonchev–Trinajstić information content (AvgIpc) is 3.51. The van der Waals surface area contributed by atoms with Crippen LogP contribution in [0.4, 0.5) is 4.79 Å². The Morgan fingerprint density at radius 1 is 1.25 bits per heavy atom. The van der Waals surface area contributed by atoms with Crippen LogP contribution in [0.2, 0.25) is 0 Å². The van der Waals surface area contributed by atoms with Gasteiger partial charge in [0.05, 0.1) is 6.10 Å². The second kappa shape index (κ2) is 11.5. The molecule has 32 heavy (non-hydrogen) atoms. The minimum atomic E-state index is -0.802. The summed E-state index contributed by atoms with van der Waals surface area (Å²) in [4.78, 5) is 43.0. The molecule has 2 aliphatic rings. The van der Waals surface area contributed by atoms with Crippen LogP contribution in [-0.2, 0) is 14.3 Å². The number of nitrogens with zero attached hydrogens (tertiary/aromatic N) is 1. The summed E-state index contributed by atoms with van der Waals surface area (Å²) in [5.74, 6) is 0.684. The number of amides is 2. The Labute approximate surface area is 189 Å². The maximum absolute atomic E-state index is 13.1. The van der Waals surface area contributed by atoms with Gasteiger partial charge >= 0.3 is 6.09 Å². The van der Waals surface area contributed by atoms with Crippen LogP contribution in [0.5, 0.6) is 5.75 Å². The van der Waals surface area contributed by atoms with Gasteiger partial charge < -0.3 is 30.0 Å². The second-order valence-electron chi connectivity index (χ2n) is 9.24. The predicted octanol–water partition coefficient (Wildman–Crippen LogP) is 2.09. The summed E-state index contributed by atoms with van der Waals surface area (Å²) in [7, 11) is 0. The number of ketones is 1. The molecule has 2 saturated heterocycles. The first-order chi connectivity index (χ1) is 15.3. The molecule has 9 heteroatoms. The van der Waals surface area contributed by atoms with Crippen LogP contribution in [-0.4, -0.2) is 72.1 Å². The lowest BCUT2D eigenvalue weighted by molar-refractivity contribution is -0.127. The van der Waals surface area contributed by atoms with Crippen molar-refractivity contribution in [2.24, 2.45) is 11.8 Å². The molecule has 0 spiro atoms. The third-order valence-electron chi connectivity index (χ3n) is 6.53. The van der Waals surface area contributed by atoms with E-state index in [0.717, 1.165) is 32.4 Å². The molecule has 3 heterocycles. The molecule has 3 N–H and O–H groups in total. The number of likely N-dealkylation sites (tertiary alicyclic amines) is 1. The van der Waals surface area contributed by atoms with E-state index in [2.05, 4.69) is 41.3 Å². The third kappa shape index (κ3) is 6.80. The van der Waals surface area contributed by atoms with Gasteiger partial charge in [0.1, 0.15) is 24.4 Å². The lowest BCUT2D eigenvalue weighted by Crippen LogP contribution is -2.55. The van der Waals surface area contributed by atoms with Gasteiger partial charge in [0.2, 0.25) is 5.91 Å². The first-order valence-corrected chi connectivity index (χ1v) is 11.6. The fourth-order valence-corrected chi connectivity index (χ4v) is 4.07. The molecule has 3 rings (SSSR count). The normalized spacial score (nSPS) is 23.3. The van der Waals surface area contributed by atoms with Crippen LogP contribution in [0.25, 0.3) is 0 Å². The SMILES string of the molecule is CC(C)C(C)CC[C@H](NC(=O)Oc1cc[nH]c1)C(=O)NC1C(=O)COC1CN1CCCC1. The number of aromatic nitrogens is 1. The second-order valence-corrected chi connectivity index (χ2v) is 9.24. The molecule has 0 aromatic carbocycles. The quantitative estimate of drug-likeness (QED) is 0.505. The van der Waals surface area contributed by atoms with Crippen molar-refractivity contribution in [3.8, 4) is 5.75 Å². The maximum Gasteiger partial charge on any atom is 0.413 e. The van der Waals surface area contributed by atoms with Crippen LogP contribution in [0.15, 0.2) is 18.5 Å². The van der Waals surface area contributed by atoms with E-state index in [1.165, 1.54) is 0 Å². The summed E-state index contributed by atoms with van der Waals surface area (Å²) in [6, 6.07) is 0.117. The van der Waals surface area contributed by atoms with Crippen molar-refractivity contribution < 1.29 is 23.9 Å². The van der Waals surface area contributed by atoms with Gasteiger partial charge in [0.25, 0.3) is 0 Å². The monoisotopic (exact) mass is 448 g/mol. The summed E-state index contributed by atoms with van der Waals surface area (Å²) in [6.45, 7) is 8.97. The third-order valence-corrected chi connectivity index (χ3v) is 6.53. The molecule has 1 aromatic rings. The van der Waals surface area contributed by atoms with Gasteiger partial charge in [-0.3, -0.25) is 9.59 Å². The molecule has 3 unspecified atom stereocenters. The lowest BCUT2D eigenvalue weighted by atomic mass is 9.91. The van der Waals surface area contributed by atoms with Gasteiger partial charge in [-0.2, -0.15) is 0 Å². The Kier molecular flexibility index (Phi) is 8.69. The van der Waals surface area contributed by atoms with E-state index < -0.39 is 18.2 Å². The highest BCUT2D eigenvalue weighted by atomic mass is 16.6. The van der Waals surface area contributed by atoms with E-state index >= 15 is 0 Å². The van der Waals surface area contributed by atoms with Gasteiger partial charge in [-0.15, -0.1) is 0 Å². The number of Topliss-reactive ketones (excluding diaryl/α,β-unsaturated/α-hetero) is 1. The number of nitrogens with one attached hydrogen (secondary N) is 3. The number of ether oxygens (including phenoxy) is 2. The molecule has 4 atom stereocenters. The highest BCUT2D eigenvalue weighted by molar-refractivity contribution is 5.94. The molecule has 9 nitrogen and oxygen atoms in total. The molecule has 0 saturated carbocycles. The molecule has 0 bridgehead atoms. The summed E-state index contributed by atoms with van der Waals surface area (Å²) in [5, 5.41) is 5.53. The van der Waals surface area contributed by atoms with E-state index in [-0.39, 0.29) is 24.4 Å². The molecule has 1 aromatic heterocycles. The van der Waals surface area contributed by atoms with Crippen LogP contribution in [0.1, 0.15) is 46.5 Å². The van der Waals surface area contributed by atoms with E-state index in [4.69, 9.17) is 9.47 Å². The Morgan fingerprint density at radius 2 is 2.00 bits per heavy atom. The summed E-state index contributed by atoms with van der Waals surface area (Å²) < 4.78 is 10.9. The summed E-state index contributed by atoms with van der Waals surface area (Å²) >= 11 is 0. The van der Waals surface area contributed by atoms with Crippen LogP contribution < -0.4 is 15.4 Å². The van der Waals surface area contributed by atoms with Crippen molar-refractivity contribution >= 4 is 17.8 Å². The summed E-state index contributed by atoms with van der Waals surface area (Å²) in [6.07, 6.45) is 5.60. The van der Waals surface area contributed by atoms with E-state index in [1.54, 1.807) is 18.5 Å². The molecule has 178 valence electrons. The zero-order valence-electron chi connectivity index (χ0n) is 19.3. The highest BCUT2D eigenvalue weighted by Crippen LogP contribution is 2.19. The van der Waals surface area contributed by atoms with Crippen LogP contribution >= 0.6 is 0 Å². The molecular weight excluding hydrogens is 412 g/mol. The Hall–Kier alpha value is -2.39. The number of carbonyl (C=O) groups excluding carboxylic acids is 3. The fraction of sp³-hybridized carbons (Fsp3) is 0.696. The van der Waals surface area contributed by atoms with Gasteiger partial charge in [-0.1, -0.05) is 20.8 Å². The van der Waals surface area contributed by atoms with E-state index in [9.17, 15) is 14.4 Å². The van der Waals surface area contributed by atoms with Crippen molar-refractivity contribution in [1.29, 1.82) is 0 Å². The minimum Gasteiger partial charge on any atom is -0.409 e. The number of rotatable bonds is 10. The largest absolute Gasteiger partial charge is 0.413 e. The highest BCUT2D eigenvalue weighted by Gasteiger charge is 2.39. The van der Waals surface area contributed by atoms with Gasteiger partial charge in [-0.05, 0) is 56.7 Å². The van der Waals surface area contributed by atoms with E-state index in [0.29, 0.717) is 30.6 Å². The van der Waals surface area contributed by atoms with Gasteiger partial charge in [0.15, 0.2) is 5.78 Å². The maximum atomic E-state index is 13.1.